The fraction of sp³-hybridized carbons (Fsp3) is 0.400. The van der Waals surface area contributed by atoms with E-state index >= 15 is 4.39 Å². The van der Waals surface area contributed by atoms with E-state index in [0.29, 0.717) is 51.2 Å². The third-order valence-electron chi connectivity index (χ3n) is 8.08. The molecule has 7 rings (SSSR count). The van der Waals surface area contributed by atoms with Gasteiger partial charge in [-0.05, 0) is 55.7 Å². The number of fused-ring (bicyclic) bond motifs is 1. The third-order valence-corrected chi connectivity index (χ3v) is 8.37. The van der Waals surface area contributed by atoms with Gasteiger partial charge in [0.15, 0.2) is 0 Å². The Labute approximate surface area is 237 Å². The maximum absolute atomic E-state index is 16.0. The lowest BCUT2D eigenvalue weighted by Gasteiger charge is -2.64. The average molecular weight is 564 g/mol. The van der Waals surface area contributed by atoms with Crippen LogP contribution in [0, 0.1) is 36.5 Å². The average Bonchev–Trinajstić information content (AvgIpc) is 3.19. The second-order valence-electron chi connectivity index (χ2n) is 12.3. The number of pyridine rings is 2. The first kappa shape index (κ1) is 26.6. The maximum atomic E-state index is 16.0. The molecule has 2 bridgehead atoms. The largest absolute Gasteiger partial charge is 0.383 e. The lowest BCUT2D eigenvalue weighted by Crippen LogP contribution is -2.70. The first-order valence-electron chi connectivity index (χ1n) is 13.4. The molecule has 3 heterocycles. The smallest absolute Gasteiger partial charge is 0.228 e. The molecule has 3 saturated carbocycles. The van der Waals surface area contributed by atoms with Crippen molar-refractivity contribution in [2.24, 2.45) is 11.3 Å². The van der Waals surface area contributed by atoms with E-state index in [-0.39, 0.29) is 11.0 Å². The number of benzene rings is 1. The van der Waals surface area contributed by atoms with Gasteiger partial charge in [-0.15, -0.1) is 12.0 Å². The summed E-state index contributed by atoms with van der Waals surface area (Å²) in [7, 11) is 0. The number of hydrogen-bond acceptors (Lipinski definition) is 7. The molecule has 0 saturated heterocycles. The maximum Gasteiger partial charge on any atom is 0.228 e. The van der Waals surface area contributed by atoms with Gasteiger partial charge in [-0.2, -0.15) is 8.78 Å². The molecule has 3 aliphatic carbocycles. The molecule has 7 nitrogen and oxygen atoms in total. The zero-order valence-corrected chi connectivity index (χ0v) is 23.7. The van der Waals surface area contributed by atoms with Crippen molar-refractivity contribution in [2.75, 3.05) is 17.2 Å². The summed E-state index contributed by atoms with van der Waals surface area (Å²) in [6, 6.07) is 5.83. The highest BCUT2D eigenvalue weighted by Crippen LogP contribution is 2.61. The summed E-state index contributed by atoms with van der Waals surface area (Å²) in [6.07, 6.45) is 10.4. The van der Waals surface area contributed by atoms with Gasteiger partial charge in [0.05, 0.1) is 33.4 Å². The third kappa shape index (κ3) is 4.49. The van der Waals surface area contributed by atoms with Crippen molar-refractivity contribution in [2.45, 2.75) is 58.5 Å². The summed E-state index contributed by atoms with van der Waals surface area (Å²) in [6.45, 7) is 8.76. The van der Waals surface area contributed by atoms with Gasteiger partial charge >= 0.3 is 0 Å². The molecule has 4 N–H and O–H groups in total. The summed E-state index contributed by atoms with van der Waals surface area (Å²) < 4.78 is 30.0. The number of aromatic nitrogens is 2. The van der Waals surface area contributed by atoms with Crippen LogP contribution < -0.4 is 21.6 Å². The van der Waals surface area contributed by atoms with E-state index in [1.165, 1.54) is 6.07 Å². The number of aryl methyl sites for hydroxylation is 1. The van der Waals surface area contributed by atoms with Gasteiger partial charge in [0, 0.05) is 35.1 Å². The minimum Gasteiger partial charge on any atom is -0.383 e. The fourth-order valence-electron chi connectivity index (χ4n) is 5.88. The van der Waals surface area contributed by atoms with Crippen molar-refractivity contribution in [3.63, 3.8) is 0 Å². The predicted octanol–water partition coefficient (Wildman–Crippen LogP) is 6.34. The van der Waals surface area contributed by atoms with Crippen LogP contribution in [0.2, 0.25) is 5.02 Å². The Bertz CT molecular complexity index is 1570. The Kier molecular flexibility index (Phi) is 6.32. The summed E-state index contributed by atoms with van der Waals surface area (Å²) in [5.41, 5.74) is 9.82. The van der Waals surface area contributed by atoms with Crippen LogP contribution in [0.1, 0.15) is 62.9 Å². The van der Waals surface area contributed by atoms with E-state index < -0.39 is 17.9 Å². The molecule has 208 valence electrons. The molecule has 0 spiro atoms. The number of hydrogen-bond donors (Lipinski definition) is 4. The van der Waals surface area contributed by atoms with Crippen molar-refractivity contribution >= 4 is 33.9 Å². The Hall–Kier alpha value is -3.61. The van der Waals surface area contributed by atoms with Gasteiger partial charge in [-0.1, -0.05) is 44.4 Å². The highest BCUT2D eigenvalue weighted by atomic mass is 35.5. The molecular formula is C30H32ClF2N7. The molecule has 1 aliphatic heterocycles. The van der Waals surface area contributed by atoms with Gasteiger partial charge < -0.3 is 16.1 Å². The van der Waals surface area contributed by atoms with Gasteiger partial charge in [0.2, 0.25) is 11.9 Å². The van der Waals surface area contributed by atoms with Crippen molar-refractivity contribution < 1.29 is 8.78 Å². The van der Waals surface area contributed by atoms with E-state index in [0.717, 1.165) is 30.3 Å². The zero-order chi connectivity index (χ0) is 28.4. The normalized spacial score (nSPS) is 22.4. The standard InChI is InChI=1S/C30H32ClF2N7/c1-6-18-14-34-25-21(24(18)35-15-29(3,4)5)9-19(10-22(25)31)37-26(20-7-8-23(32)36-16(20)2)27-28(33)40(39-38-27)30-11-17(12-30)13-30/h1,7-10,14,17,26,37-39H,11-13,15H2,2-5H3,(H,34,35)/t17?,26-,30?/m0/s1. The van der Waals surface area contributed by atoms with Crippen LogP contribution in [0.4, 0.5) is 20.2 Å². The van der Waals surface area contributed by atoms with Crippen molar-refractivity contribution in [1.29, 1.82) is 0 Å². The molecule has 40 heavy (non-hydrogen) atoms. The molecule has 1 atom stereocenters. The molecule has 0 unspecified atom stereocenters. The molecule has 4 aliphatic rings. The molecule has 0 radical (unpaired) electrons. The highest BCUT2D eigenvalue weighted by Gasteiger charge is 2.62. The number of nitrogens with zero attached hydrogens (tertiary/aromatic N) is 3. The number of rotatable bonds is 7. The summed E-state index contributed by atoms with van der Waals surface area (Å²) in [5, 5.41) is 9.68. The van der Waals surface area contributed by atoms with E-state index in [2.05, 4.69) is 58.3 Å². The minimum absolute atomic E-state index is 0.00324. The van der Waals surface area contributed by atoms with Crippen molar-refractivity contribution in [3.8, 4) is 12.3 Å². The topological polar surface area (TPSA) is 77.1 Å². The summed E-state index contributed by atoms with van der Waals surface area (Å²) in [5.74, 6) is 2.40. The zero-order valence-electron chi connectivity index (χ0n) is 22.9. The number of terminal acetylenes is 1. The van der Waals surface area contributed by atoms with Gasteiger partial charge in [-0.25, -0.2) is 4.98 Å². The fourth-order valence-corrected chi connectivity index (χ4v) is 6.14. The van der Waals surface area contributed by atoms with Crippen LogP contribution in [0.15, 0.2) is 42.1 Å². The molecule has 3 aromatic rings. The molecule has 1 aromatic carbocycles. The van der Waals surface area contributed by atoms with Crippen LogP contribution in [0.25, 0.3) is 10.9 Å². The highest BCUT2D eigenvalue weighted by molar-refractivity contribution is 6.35. The van der Waals surface area contributed by atoms with Crippen LogP contribution in [-0.2, 0) is 0 Å². The number of nitrogens with one attached hydrogen (secondary N) is 4. The Balaban J connectivity index is 1.43. The molecule has 10 heteroatoms. The summed E-state index contributed by atoms with van der Waals surface area (Å²) in [4.78, 5) is 8.52. The molecule has 3 fully saturated rings. The van der Waals surface area contributed by atoms with Crippen LogP contribution in [-0.4, -0.2) is 27.1 Å². The second kappa shape index (κ2) is 9.50. The molecule has 2 aromatic heterocycles. The van der Waals surface area contributed by atoms with E-state index in [4.69, 9.17) is 18.0 Å². The van der Waals surface area contributed by atoms with Crippen molar-refractivity contribution in [1.82, 2.24) is 25.9 Å². The van der Waals surface area contributed by atoms with E-state index in [1.54, 1.807) is 30.3 Å². The Morgan fingerprint density at radius 3 is 2.62 bits per heavy atom. The summed E-state index contributed by atoms with van der Waals surface area (Å²) >= 11 is 6.74. The minimum atomic E-state index is -0.721. The first-order valence-corrected chi connectivity index (χ1v) is 13.8. The van der Waals surface area contributed by atoms with Crippen LogP contribution in [0.5, 0.6) is 0 Å². The Morgan fingerprint density at radius 2 is 2.00 bits per heavy atom. The van der Waals surface area contributed by atoms with Gasteiger partial charge in [0.1, 0.15) is 5.70 Å². The number of hydrazine groups is 2. The van der Waals surface area contributed by atoms with Gasteiger partial charge in [-0.3, -0.25) is 9.99 Å². The quantitative estimate of drug-likeness (QED) is 0.152. The van der Waals surface area contributed by atoms with E-state index in [9.17, 15) is 4.39 Å². The van der Waals surface area contributed by atoms with Crippen LogP contribution >= 0.6 is 11.6 Å². The first-order chi connectivity index (χ1) is 19.0. The van der Waals surface area contributed by atoms with Gasteiger partial charge in [0.25, 0.3) is 0 Å². The lowest BCUT2D eigenvalue weighted by atomic mass is 9.49. The monoisotopic (exact) mass is 563 g/mol. The number of anilines is 2. The van der Waals surface area contributed by atoms with E-state index in [1.807, 2.05) is 6.07 Å². The Morgan fingerprint density at radius 1 is 1.25 bits per heavy atom. The number of halogens is 3. The molecule has 0 amide bonds. The second-order valence-corrected chi connectivity index (χ2v) is 12.7. The molecular weight excluding hydrogens is 532 g/mol. The lowest BCUT2D eigenvalue weighted by molar-refractivity contribution is -0.155. The van der Waals surface area contributed by atoms with Crippen molar-refractivity contribution in [3.05, 3.63) is 69.9 Å². The van der Waals surface area contributed by atoms with Crippen LogP contribution in [0.3, 0.4) is 0 Å². The predicted molar refractivity (Wildman–Crippen MR) is 154 cm³/mol. The SMILES string of the molecule is C#Cc1cnc2c(Cl)cc(N[C@H](C3=C(F)N(C45CC(C4)C5)NN3)c3ccc(F)nc3C)cc2c1NCC(C)(C)C.